The second-order valence-electron chi connectivity index (χ2n) is 9.78. The molecule has 4 aromatic rings. The molecule has 5 nitrogen and oxygen atoms in total. The first-order valence-electron chi connectivity index (χ1n) is 11.7. The van der Waals surface area contributed by atoms with Gasteiger partial charge in [-0.25, -0.2) is 4.39 Å². The van der Waals surface area contributed by atoms with Gasteiger partial charge in [0.05, 0.1) is 6.54 Å². The maximum atomic E-state index is 13.3. The van der Waals surface area contributed by atoms with Crippen molar-refractivity contribution in [1.82, 2.24) is 9.78 Å². The second kappa shape index (κ2) is 10.5. The SMILES string of the molecule is Cc1cc(NC(=O)c2cccc(COc3ccc(C(C)(C)C)cc3)c2)nn1Cc1ccc(F)cc1Cl. The summed E-state index contributed by atoms with van der Waals surface area (Å²) < 4.78 is 21.0. The topological polar surface area (TPSA) is 56.1 Å². The standard InChI is InChI=1S/C29H29ClFN3O2/c1-19-14-27(33-34(19)17-22-8-11-24(31)16-26(22)30)32-28(35)21-7-5-6-20(15-21)18-36-25-12-9-23(10-13-25)29(2,3)4/h5-16H,17-18H2,1-4H3,(H,32,33,35). The fraction of sp³-hybridized carbons (Fsp3) is 0.241. The fourth-order valence-corrected chi connectivity index (χ4v) is 3.98. The molecule has 0 fully saturated rings. The van der Waals surface area contributed by atoms with Crippen molar-refractivity contribution in [2.75, 3.05) is 5.32 Å². The van der Waals surface area contributed by atoms with Crippen molar-refractivity contribution in [3.05, 3.63) is 112 Å². The van der Waals surface area contributed by atoms with E-state index in [1.807, 2.05) is 31.2 Å². The lowest BCUT2D eigenvalue weighted by molar-refractivity contribution is 0.102. The molecule has 36 heavy (non-hydrogen) atoms. The van der Waals surface area contributed by atoms with Crippen LogP contribution < -0.4 is 10.1 Å². The summed E-state index contributed by atoms with van der Waals surface area (Å²) >= 11 is 6.15. The van der Waals surface area contributed by atoms with Crippen molar-refractivity contribution in [2.45, 2.75) is 46.3 Å². The molecule has 1 heterocycles. The highest BCUT2D eigenvalue weighted by Gasteiger charge is 2.14. The van der Waals surface area contributed by atoms with Crippen molar-refractivity contribution < 1.29 is 13.9 Å². The lowest BCUT2D eigenvalue weighted by atomic mass is 9.87. The minimum Gasteiger partial charge on any atom is -0.489 e. The van der Waals surface area contributed by atoms with Crippen LogP contribution in [0.5, 0.6) is 5.75 Å². The third-order valence-electron chi connectivity index (χ3n) is 5.87. The molecule has 0 saturated heterocycles. The number of benzene rings is 3. The van der Waals surface area contributed by atoms with Gasteiger partial charge in [-0.05, 0) is 65.4 Å². The fourth-order valence-electron chi connectivity index (χ4n) is 3.75. The van der Waals surface area contributed by atoms with Crippen molar-refractivity contribution in [3.8, 4) is 5.75 Å². The van der Waals surface area contributed by atoms with Gasteiger partial charge in [0.25, 0.3) is 5.91 Å². The number of nitrogens with zero attached hydrogens (tertiary/aromatic N) is 2. The van der Waals surface area contributed by atoms with Crippen molar-refractivity contribution >= 4 is 23.3 Å². The van der Waals surface area contributed by atoms with E-state index in [1.54, 1.807) is 28.9 Å². The number of rotatable bonds is 7. The Balaban J connectivity index is 1.39. The van der Waals surface area contributed by atoms with Gasteiger partial charge >= 0.3 is 0 Å². The first-order valence-corrected chi connectivity index (χ1v) is 12.1. The number of aryl methyl sites for hydroxylation is 1. The van der Waals surface area contributed by atoms with Gasteiger partial charge in [0.1, 0.15) is 18.2 Å². The largest absolute Gasteiger partial charge is 0.489 e. The Morgan fingerprint density at radius 1 is 1.06 bits per heavy atom. The molecule has 186 valence electrons. The average molecular weight is 506 g/mol. The number of amides is 1. The Morgan fingerprint density at radius 3 is 2.50 bits per heavy atom. The molecule has 0 aliphatic carbocycles. The molecule has 1 N–H and O–H groups in total. The second-order valence-corrected chi connectivity index (χ2v) is 10.2. The van der Waals surface area contributed by atoms with E-state index in [2.05, 4.69) is 43.3 Å². The lowest BCUT2D eigenvalue weighted by Gasteiger charge is -2.19. The van der Waals surface area contributed by atoms with Gasteiger partial charge in [-0.2, -0.15) is 5.10 Å². The van der Waals surface area contributed by atoms with Crippen LogP contribution in [0.15, 0.2) is 72.8 Å². The minimum absolute atomic E-state index is 0.0859. The zero-order valence-electron chi connectivity index (χ0n) is 20.8. The van der Waals surface area contributed by atoms with Crippen LogP contribution in [0.4, 0.5) is 10.2 Å². The predicted octanol–water partition coefficient (Wildman–Crippen LogP) is 7.16. The summed E-state index contributed by atoms with van der Waals surface area (Å²) in [6, 6.07) is 21.4. The van der Waals surface area contributed by atoms with E-state index in [0.717, 1.165) is 22.6 Å². The normalized spacial score (nSPS) is 11.4. The Labute approximate surface area is 215 Å². The zero-order chi connectivity index (χ0) is 25.9. The van der Waals surface area contributed by atoms with Crippen molar-refractivity contribution in [1.29, 1.82) is 0 Å². The third kappa shape index (κ3) is 6.32. The lowest BCUT2D eigenvalue weighted by Crippen LogP contribution is -2.13. The Kier molecular flexibility index (Phi) is 7.45. The van der Waals surface area contributed by atoms with Crippen LogP contribution in [0, 0.1) is 12.7 Å². The highest BCUT2D eigenvalue weighted by atomic mass is 35.5. The summed E-state index contributed by atoms with van der Waals surface area (Å²) in [5, 5.41) is 7.64. The highest BCUT2D eigenvalue weighted by Crippen LogP contribution is 2.25. The van der Waals surface area contributed by atoms with Crippen LogP contribution in [0.3, 0.4) is 0 Å². The maximum Gasteiger partial charge on any atom is 0.256 e. The first kappa shape index (κ1) is 25.5. The number of aromatic nitrogens is 2. The summed E-state index contributed by atoms with van der Waals surface area (Å²) in [5.74, 6) is 0.548. The summed E-state index contributed by atoms with van der Waals surface area (Å²) in [5.41, 5.74) is 4.30. The number of nitrogens with one attached hydrogen (secondary N) is 1. The molecule has 0 unspecified atom stereocenters. The maximum absolute atomic E-state index is 13.3. The number of hydrogen-bond donors (Lipinski definition) is 1. The summed E-state index contributed by atoms with van der Waals surface area (Å²) in [6.07, 6.45) is 0. The predicted molar refractivity (Wildman–Crippen MR) is 141 cm³/mol. The summed E-state index contributed by atoms with van der Waals surface area (Å²) in [6.45, 7) is 9.11. The summed E-state index contributed by atoms with van der Waals surface area (Å²) in [7, 11) is 0. The van der Waals surface area contributed by atoms with Gasteiger partial charge in [-0.1, -0.05) is 62.7 Å². The molecule has 3 aromatic carbocycles. The third-order valence-corrected chi connectivity index (χ3v) is 6.22. The first-order chi connectivity index (χ1) is 17.1. The van der Waals surface area contributed by atoms with Crippen LogP contribution >= 0.6 is 11.6 Å². The van der Waals surface area contributed by atoms with E-state index in [1.165, 1.54) is 17.7 Å². The van der Waals surface area contributed by atoms with E-state index in [9.17, 15) is 9.18 Å². The molecular weight excluding hydrogens is 477 g/mol. The quantitative estimate of drug-likeness (QED) is 0.290. The van der Waals surface area contributed by atoms with E-state index < -0.39 is 0 Å². The number of anilines is 1. The van der Waals surface area contributed by atoms with Gasteiger partial charge in [0, 0.05) is 22.3 Å². The minimum atomic E-state index is -0.389. The number of ether oxygens (including phenoxy) is 1. The van der Waals surface area contributed by atoms with E-state index >= 15 is 0 Å². The molecular formula is C29H29ClFN3O2. The molecule has 0 aliphatic heterocycles. The van der Waals surface area contributed by atoms with Crippen molar-refractivity contribution in [3.63, 3.8) is 0 Å². The molecule has 0 radical (unpaired) electrons. The number of carbonyl (C=O) groups is 1. The molecule has 0 bridgehead atoms. The van der Waals surface area contributed by atoms with Crippen LogP contribution in [0.1, 0.15) is 53.5 Å². The van der Waals surface area contributed by atoms with Gasteiger partial charge in [0.2, 0.25) is 0 Å². The molecule has 0 saturated carbocycles. The van der Waals surface area contributed by atoms with Gasteiger partial charge < -0.3 is 10.1 Å². The average Bonchev–Trinajstić information content (AvgIpc) is 3.17. The van der Waals surface area contributed by atoms with Gasteiger partial charge in [-0.3, -0.25) is 9.48 Å². The zero-order valence-corrected chi connectivity index (χ0v) is 21.6. The van der Waals surface area contributed by atoms with E-state index in [-0.39, 0.29) is 17.1 Å². The van der Waals surface area contributed by atoms with Crippen LogP contribution in [0.2, 0.25) is 5.02 Å². The number of halogens is 2. The van der Waals surface area contributed by atoms with Crippen LogP contribution in [-0.2, 0) is 18.6 Å². The van der Waals surface area contributed by atoms with Crippen molar-refractivity contribution in [2.24, 2.45) is 0 Å². The number of hydrogen-bond acceptors (Lipinski definition) is 3. The van der Waals surface area contributed by atoms with E-state index in [0.29, 0.717) is 29.6 Å². The Morgan fingerprint density at radius 2 is 1.81 bits per heavy atom. The van der Waals surface area contributed by atoms with Gasteiger partial charge in [0.15, 0.2) is 5.82 Å². The molecule has 1 amide bonds. The molecule has 0 spiro atoms. The van der Waals surface area contributed by atoms with Crippen LogP contribution in [0.25, 0.3) is 0 Å². The monoisotopic (exact) mass is 505 g/mol. The molecule has 0 aliphatic rings. The Bertz CT molecular complexity index is 1370. The van der Waals surface area contributed by atoms with Gasteiger partial charge in [-0.15, -0.1) is 0 Å². The highest BCUT2D eigenvalue weighted by molar-refractivity contribution is 6.31. The summed E-state index contributed by atoms with van der Waals surface area (Å²) in [4.78, 5) is 12.9. The van der Waals surface area contributed by atoms with Crippen LogP contribution in [-0.4, -0.2) is 15.7 Å². The van der Waals surface area contributed by atoms with E-state index in [4.69, 9.17) is 16.3 Å². The molecule has 0 atom stereocenters. The Hall–Kier alpha value is -3.64. The number of carbonyl (C=O) groups excluding carboxylic acids is 1. The molecule has 7 heteroatoms. The molecule has 1 aromatic heterocycles. The molecule has 4 rings (SSSR count). The smallest absolute Gasteiger partial charge is 0.256 e.